The third-order valence-corrected chi connectivity index (χ3v) is 6.12. The van der Waals surface area contributed by atoms with Crippen molar-refractivity contribution in [1.82, 2.24) is 0 Å². The summed E-state index contributed by atoms with van der Waals surface area (Å²) in [6.07, 6.45) is -7.69. The van der Waals surface area contributed by atoms with Gasteiger partial charge in [0.15, 0.2) is 5.69 Å². The van der Waals surface area contributed by atoms with E-state index in [2.05, 4.69) is 4.85 Å². The first-order chi connectivity index (χ1) is 12.9. The van der Waals surface area contributed by atoms with Gasteiger partial charge < -0.3 is 14.9 Å². The maximum absolute atomic E-state index is 13.3. The average molecular weight is 396 g/mol. The van der Waals surface area contributed by atoms with Crippen molar-refractivity contribution in [2.24, 2.45) is 11.8 Å². The van der Waals surface area contributed by atoms with Gasteiger partial charge in [0.25, 0.3) is 0 Å². The van der Waals surface area contributed by atoms with Crippen molar-refractivity contribution >= 4 is 23.2 Å². The minimum atomic E-state index is -4.84. The van der Waals surface area contributed by atoms with Crippen LogP contribution in [0.25, 0.3) is 4.85 Å². The monoisotopic (exact) mass is 396 g/mol. The molecule has 28 heavy (non-hydrogen) atoms. The number of rotatable bonds is 1. The number of ether oxygens (including phenoxy) is 1. The van der Waals surface area contributed by atoms with Crippen LogP contribution in [0.1, 0.15) is 19.4 Å². The van der Waals surface area contributed by atoms with E-state index in [4.69, 9.17) is 11.3 Å². The van der Waals surface area contributed by atoms with E-state index < -0.39 is 64.5 Å². The Bertz CT molecular complexity index is 920. The molecule has 2 bridgehead atoms. The van der Waals surface area contributed by atoms with Gasteiger partial charge in [0.2, 0.25) is 11.8 Å². The van der Waals surface area contributed by atoms with Crippen molar-refractivity contribution in [3.63, 3.8) is 0 Å². The van der Waals surface area contributed by atoms with E-state index in [9.17, 15) is 33.0 Å². The first-order valence-corrected chi connectivity index (χ1v) is 8.40. The Morgan fingerprint density at radius 1 is 1.11 bits per heavy atom. The highest BCUT2D eigenvalue weighted by molar-refractivity contribution is 6.23. The summed E-state index contributed by atoms with van der Waals surface area (Å²) in [4.78, 5) is 29.4. The van der Waals surface area contributed by atoms with Crippen LogP contribution in [0, 0.1) is 18.4 Å². The van der Waals surface area contributed by atoms with Crippen LogP contribution >= 0.6 is 0 Å². The van der Waals surface area contributed by atoms with Gasteiger partial charge in [-0.1, -0.05) is 6.07 Å². The fourth-order valence-corrected chi connectivity index (χ4v) is 4.78. The zero-order valence-corrected chi connectivity index (χ0v) is 14.7. The van der Waals surface area contributed by atoms with Crippen LogP contribution in [0.2, 0.25) is 0 Å². The third kappa shape index (κ3) is 2.04. The van der Waals surface area contributed by atoms with Crippen LogP contribution in [0.5, 0.6) is 0 Å². The van der Waals surface area contributed by atoms with Gasteiger partial charge in [0, 0.05) is 5.69 Å². The van der Waals surface area contributed by atoms with Crippen LogP contribution in [-0.4, -0.2) is 45.4 Å². The Hall–Kier alpha value is -2.48. The van der Waals surface area contributed by atoms with E-state index >= 15 is 0 Å². The van der Waals surface area contributed by atoms with Gasteiger partial charge >= 0.3 is 6.18 Å². The molecule has 2 unspecified atom stereocenters. The van der Waals surface area contributed by atoms with E-state index in [0.717, 1.165) is 12.1 Å². The minimum absolute atomic E-state index is 0.320. The molecular weight excluding hydrogens is 381 g/mol. The second-order valence-corrected chi connectivity index (χ2v) is 7.64. The van der Waals surface area contributed by atoms with Crippen molar-refractivity contribution in [3.8, 4) is 0 Å². The fourth-order valence-electron chi connectivity index (χ4n) is 4.78. The molecule has 7 nitrogen and oxygen atoms in total. The number of carbonyl (C=O) groups excluding carboxylic acids is 2. The molecule has 3 fully saturated rings. The summed E-state index contributed by atoms with van der Waals surface area (Å²) >= 11 is 0. The molecule has 0 radical (unpaired) electrons. The first-order valence-electron chi connectivity index (χ1n) is 8.40. The predicted molar refractivity (Wildman–Crippen MR) is 87.1 cm³/mol. The molecule has 10 heteroatoms. The van der Waals surface area contributed by atoms with E-state index in [0.29, 0.717) is 11.0 Å². The molecule has 0 saturated carbocycles. The molecule has 4 rings (SSSR count). The lowest BCUT2D eigenvalue weighted by Crippen LogP contribution is -2.57. The van der Waals surface area contributed by atoms with E-state index in [-0.39, 0.29) is 5.69 Å². The lowest BCUT2D eigenvalue weighted by atomic mass is 9.66. The highest BCUT2D eigenvalue weighted by atomic mass is 19.4. The quantitative estimate of drug-likeness (QED) is 0.556. The van der Waals surface area contributed by atoms with Gasteiger partial charge in [0.05, 0.1) is 24.0 Å². The summed E-state index contributed by atoms with van der Waals surface area (Å²) < 4.78 is 45.5. The second kappa shape index (κ2) is 5.31. The first kappa shape index (κ1) is 18.9. The maximum Gasteiger partial charge on any atom is 0.407 e. The van der Waals surface area contributed by atoms with Gasteiger partial charge in [0.1, 0.15) is 23.4 Å². The molecule has 3 aliphatic rings. The average Bonchev–Trinajstić information content (AvgIpc) is 3.10. The summed E-state index contributed by atoms with van der Waals surface area (Å²) in [5.74, 6) is -3.90. The Labute approximate surface area is 157 Å². The molecule has 1 aromatic carbocycles. The summed E-state index contributed by atoms with van der Waals surface area (Å²) in [6.45, 7) is 9.68. The molecule has 3 aliphatic heterocycles. The van der Waals surface area contributed by atoms with Crippen molar-refractivity contribution in [2.75, 3.05) is 4.90 Å². The normalized spacial score (nSPS) is 39.4. The summed E-state index contributed by atoms with van der Waals surface area (Å²) in [7, 11) is 0. The summed E-state index contributed by atoms with van der Waals surface area (Å²) in [6, 6.07) is 2.59. The number of alkyl halides is 3. The van der Waals surface area contributed by atoms with Crippen LogP contribution in [0.15, 0.2) is 18.2 Å². The van der Waals surface area contributed by atoms with E-state index in [1.54, 1.807) is 0 Å². The van der Waals surface area contributed by atoms with Gasteiger partial charge in [-0.3, -0.25) is 9.59 Å². The molecule has 2 amide bonds. The Balaban J connectivity index is 1.82. The molecule has 6 atom stereocenters. The smallest absolute Gasteiger partial charge is 0.387 e. The maximum atomic E-state index is 13.3. The number of carbonyl (C=O) groups is 2. The van der Waals surface area contributed by atoms with Crippen LogP contribution in [-0.2, 0) is 20.5 Å². The van der Waals surface area contributed by atoms with Crippen molar-refractivity contribution < 1.29 is 37.7 Å². The molecule has 0 aromatic heterocycles. The summed E-state index contributed by atoms with van der Waals surface area (Å²) in [5.41, 5.74) is -5.30. The number of aliphatic hydroxyl groups is 2. The third-order valence-electron chi connectivity index (χ3n) is 6.12. The fraction of sp³-hybridized carbons (Fsp3) is 0.500. The number of anilines is 1. The lowest BCUT2D eigenvalue weighted by molar-refractivity contribution is -0.137. The number of fused-ring (bicyclic) bond motifs is 5. The van der Waals surface area contributed by atoms with E-state index in [1.165, 1.54) is 13.8 Å². The Morgan fingerprint density at radius 2 is 1.61 bits per heavy atom. The number of imide groups is 1. The van der Waals surface area contributed by atoms with Crippen LogP contribution in [0.4, 0.5) is 24.5 Å². The van der Waals surface area contributed by atoms with Gasteiger partial charge in [-0.05, 0) is 26.0 Å². The largest absolute Gasteiger partial charge is 0.407 e. The summed E-state index contributed by atoms with van der Waals surface area (Å²) in [5, 5.41) is 20.6. The number of hydrogen-bond donors (Lipinski definition) is 2. The molecule has 0 spiro atoms. The minimum Gasteiger partial charge on any atom is -0.387 e. The standard InChI is InChI=1S/C18H15F3N2O5/c1-16-10-11(17(2,28-16)13(25)12(16)24)15(27)23(14(10)26)7-4-5-9(22-3)8(6-7)18(19,20)21/h4-6,10-13,24-25H,1-2H3/t10-,11+,12-,13+,16?,17?. The van der Waals surface area contributed by atoms with Gasteiger partial charge in [-0.25, -0.2) is 9.74 Å². The molecule has 1 aromatic rings. The van der Waals surface area contributed by atoms with E-state index in [1.807, 2.05) is 0 Å². The molecule has 148 valence electrons. The highest BCUT2D eigenvalue weighted by Crippen LogP contribution is 2.61. The molecule has 3 saturated heterocycles. The number of hydrogen-bond acceptors (Lipinski definition) is 5. The molecule has 3 heterocycles. The van der Waals surface area contributed by atoms with Gasteiger partial charge in [-0.2, -0.15) is 13.2 Å². The number of benzene rings is 1. The number of amides is 2. The zero-order valence-electron chi connectivity index (χ0n) is 14.7. The topological polar surface area (TPSA) is 91.4 Å². The zero-order chi connectivity index (χ0) is 20.8. The van der Waals surface area contributed by atoms with Crippen molar-refractivity contribution in [2.45, 2.75) is 43.4 Å². The molecule has 2 N–H and O–H groups in total. The highest BCUT2D eigenvalue weighted by Gasteiger charge is 2.79. The number of aliphatic hydroxyl groups excluding tert-OH is 2. The molecular formula is C18H15F3N2O5. The van der Waals surface area contributed by atoms with Gasteiger partial charge in [-0.15, -0.1) is 0 Å². The predicted octanol–water partition coefficient (Wildman–Crippen LogP) is 1.64. The SMILES string of the molecule is [C-]#[N+]c1ccc(N2C(=O)[C@@H]3[C@H](C2=O)C2(C)OC3(C)[C@@H](O)[C@H]2O)cc1C(F)(F)F. The Morgan fingerprint density at radius 3 is 2.04 bits per heavy atom. The van der Waals surface area contributed by atoms with Crippen LogP contribution in [0.3, 0.4) is 0 Å². The number of nitrogens with zero attached hydrogens (tertiary/aromatic N) is 2. The Kier molecular flexibility index (Phi) is 3.58. The number of halogens is 3. The van der Waals surface area contributed by atoms with Crippen molar-refractivity contribution in [1.29, 1.82) is 0 Å². The van der Waals surface area contributed by atoms with Crippen LogP contribution < -0.4 is 4.90 Å². The lowest BCUT2D eigenvalue weighted by Gasteiger charge is -2.35. The molecule has 0 aliphatic carbocycles. The second-order valence-electron chi connectivity index (χ2n) is 7.64. The van der Waals surface area contributed by atoms with Crippen molar-refractivity contribution in [3.05, 3.63) is 35.2 Å².